The summed E-state index contributed by atoms with van der Waals surface area (Å²) in [6.45, 7) is 1.78. The van der Waals surface area contributed by atoms with Gasteiger partial charge in [0.2, 0.25) is 11.7 Å². The molecule has 1 aromatic heterocycles. The molecule has 0 saturated carbocycles. The van der Waals surface area contributed by atoms with E-state index in [1.165, 1.54) is 4.90 Å². The Morgan fingerprint density at radius 3 is 2.48 bits per heavy atom. The number of rotatable bonds is 4. The Bertz CT molecular complexity index is 979. The summed E-state index contributed by atoms with van der Waals surface area (Å²) < 4.78 is 0. The van der Waals surface area contributed by atoms with Crippen LogP contribution in [0.25, 0.3) is 10.9 Å². The first-order valence-corrected chi connectivity index (χ1v) is 8.56. The lowest BCUT2D eigenvalue weighted by atomic mass is 10.1. The molecule has 0 unspecified atom stereocenters. The van der Waals surface area contributed by atoms with E-state index in [1.807, 2.05) is 0 Å². The lowest BCUT2D eigenvalue weighted by Crippen LogP contribution is -2.26. The Labute approximate surface area is 155 Å². The zero-order valence-corrected chi connectivity index (χ0v) is 15.3. The largest absolute Gasteiger partial charge is 0.350 e. The Kier molecular flexibility index (Phi) is 4.84. The zero-order valence-electron chi connectivity index (χ0n) is 13.8. The number of H-pyrrole nitrogens is 1. The molecule has 0 aliphatic rings. The molecule has 2 aromatic carbocycles. The highest BCUT2D eigenvalue weighted by molar-refractivity contribution is 6.32. The van der Waals surface area contributed by atoms with Crippen LogP contribution in [0.1, 0.15) is 29.4 Å². The first-order valence-electron chi connectivity index (χ1n) is 7.80. The van der Waals surface area contributed by atoms with Crippen molar-refractivity contribution in [3.8, 4) is 0 Å². The minimum atomic E-state index is -0.236. The predicted octanol–water partition coefficient (Wildman–Crippen LogP) is 5.08. The predicted molar refractivity (Wildman–Crippen MR) is 102 cm³/mol. The van der Waals surface area contributed by atoms with E-state index in [0.29, 0.717) is 38.9 Å². The van der Waals surface area contributed by atoms with Crippen molar-refractivity contribution in [2.45, 2.75) is 13.3 Å². The number of benzene rings is 2. The summed E-state index contributed by atoms with van der Waals surface area (Å²) in [4.78, 5) is 29.9. The highest BCUT2D eigenvalue weighted by Crippen LogP contribution is 2.34. The van der Waals surface area contributed by atoms with Crippen LogP contribution in [0.3, 0.4) is 0 Å². The maximum Gasteiger partial charge on any atom is 0.226 e. The van der Waals surface area contributed by atoms with Crippen LogP contribution in [-0.2, 0) is 4.79 Å². The van der Waals surface area contributed by atoms with Crippen molar-refractivity contribution in [3.05, 3.63) is 63.8 Å². The maximum atomic E-state index is 13.0. The summed E-state index contributed by atoms with van der Waals surface area (Å²) in [7, 11) is 1.66. The van der Waals surface area contributed by atoms with Gasteiger partial charge in [-0.3, -0.25) is 9.59 Å². The second-order valence-electron chi connectivity index (χ2n) is 5.68. The summed E-state index contributed by atoms with van der Waals surface area (Å²) in [5, 5.41) is 1.79. The average molecular weight is 375 g/mol. The number of carbonyl (C=O) groups is 2. The fourth-order valence-corrected chi connectivity index (χ4v) is 3.17. The molecule has 4 nitrogen and oxygen atoms in total. The molecule has 128 valence electrons. The number of amides is 1. The molecule has 0 aliphatic carbocycles. The van der Waals surface area contributed by atoms with Gasteiger partial charge < -0.3 is 9.88 Å². The van der Waals surface area contributed by atoms with Crippen LogP contribution in [0.15, 0.2) is 42.5 Å². The molecule has 3 aromatic rings. The molecule has 1 N–H and O–H groups in total. The number of nitrogens with zero attached hydrogens (tertiary/aromatic N) is 1. The van der Waals surface area contributed by atoms with Crippen LogP contribution < -0.4 is 4.90 Å². The highest BCUT2D eigenvalue weighted by atomic mass is 35.5. The number of hydrogen-bond acceptors (Lipinski definition) is 2. The number of halogens is 2. The van der Waals surface area contributed by atoms with Gasteiger partial charge in [-0.1, -0.05) is 42.3 Å². The maximum absolute atomic E-state index is 13.0. The second kappa shape index (κ2) is 6.90. The van der Waals surface area contributed by atoms with Gasteiger partial charge in [-0.2, -0.15) is 0 Å². The van der Waals surface area contributed by atoms with Gasteiger partial charge in [-0.25, -0.2) is 0 Å². The Balaban J connectivity index is 2.22. The van der Waals surface area contributed by atoms with Gasteiger partial charge in [0, 0.05) is 40.0 Å². The van der Waals surface area contributed by atoms with E-state index < -0.39 is 0 Å². The van der Waals surface area contributed by atoms with Crippen LogP contribution in [-0.4, -0.2) is 23.7 Å². The van der Waals surface area contributed by atoms with E-state index in [0.717, 1.165) is 5.39 Å². The number of aromatic amines is 1. The number of aromatic nitrogens is 1. The lowest BCUT2D eigenvalue weighted by Gasteiger charge is -2.17. The smallest absolute Gasteiger partial charge is 0.226 e. The first kappa shape index (κ1) is 17.5. The Morgan fingerprint density at radius 1 is 1.08 bits per heavy atom. The molecular formula is C19H16Cl2N2O2. The number of carbonyl (C=O) groups excluding carboxylic acids is 2. The van der Waals surface area contributed by atoms with E-state index in [4.69, 9.17) is 23.2 Å². The fourth-order valence-electron chi connectivity index (χ4n) is 2.80. The summed E-state index contributed by atoms with van der Waals surface area (Å²) in [5.74, 6) is -0.323. The summed E-state index contributed by atoms with van der Waals surface area (Å²) >= 11 is 12.1. The topological polar surface area (TPSA) is 53.2 Å². The van der Waals surface area contributed by atoms with E-state index in [2.05, 4.69) is 4.98 Å². The van der Waals surface area contributed by atoms with Crippen LogP contribution in [0.5, 0.6) is 0 Å². The molecule has 0 saturated heterocycles. The van der Waals surface area contributed by atoms with E-state index in [1.54, 1.807) is 56.4 Å². The fraction of sp³-hybridized carbons (Fsp3) is 0.158. The third-order valence-corrected chi connectivity index (χ3v) is 4.53. The monoisotopic (exact) mass is 374 g/mol. The molecule has 0 atom stereocenters. The van der Waals surface area contributed by atoms with Crippen molar-refractivity contribution in [1.82, 2.24) is 4.98 Å². The standard InChI is InChI=1S/C19H16Cl2N2O2/c1-3-16(24)23(2)18-14-8-7-13(21)10-15(14)22-17(18)19(25)11-5-4-6-12(20)9-11/h4-10,22H,3H2,1-2H3. The van der Waals surface area contributed by atoms with Crippen molar-refractivity contribution in [3.63, 3.8) is 0 Å². The average Bonchev–Trinajstić information content (AvgIpc) is 2.97. The highest BCUT2D eigenvalue weighted by Gasteiger charge is 2.24. The van der Waals surface area contributed by atoms with E-state index in [-0.39, 0.29) is 11.7 Å². The summed E-state index contributed by atoms with van der Waals surface area (Å²) in [5.41, 5.74) is 2.03. The minimum absolute atomic E-state index is 0.0870. The van der Waals surface area contributed by atoms with E-state index in [9.17, 15) is 9.59 Å². The van der Waals surface area contributed by atoms with Crippen molar-refractivity contribution >= 4 is 51.5 Å². The molecule has 0 spiro atoms. The van der Waals surface area contributed by atoms with Gasteiger partial charge in [-0.05, 0) is 30.3 Å². The number of anilines is 1. The third kappa shape index (κ3) is 3.28. The molecule has 3 rings (SSSR count). The molecule has 1 amide bonds. The quantitative estimate of drug-likeness (QED) is 0.647. The van der Waals surface area contributed by atoms with Gasteiger partial charge in [0.25, 0.3) is 0 Å². The molecular weight excluding hydrogens is 359 g/mol. The second-order valence-corrected chi connectivity index (χ2v) is 6.56. The van der Waals surface area contributed by atoms with E-state index >= 15 is 0 Å². The Hall–Kier alpha value is -2.30. The lowest BCUT2D eigenvalue weighted by molar-refractivity contribution is -0.118. The molecule has 25 heavy (non-hydrogen) atoms. The van der Waals surface area contributed by atoms with Crippen molar-refractivity contribution in [2.24, 2.45) is 0 Å². The van der Waals surface area contributed by atoms with Gasteiger partial charge >= 0.3 is 0 Å². The molecule has 1 heterocycles. The number of nitrogens with one attached hydrogen (secondary N) is 1. The minimum Gasteiger partial charge on any atom is -0.350 e. The van der Waals surface area contributed by atoms with Gasteiger partial charge in [0.1, 0.15) is 5.69 Å². The first-order chi connectivity index (χ1) is 11.9. The molecule has 0 radical (unpaired) electrons. The summed E-state index contributed by atoms with van der Waals surface area (Å²) in [6.07, 6.45) is 0.335. The van der Waals surface area contributed by atoms with Crippen LogP contribution in [0.2, 0.25) is 10.0 Å². The number of ketones is 1. The summed E-state index contributed by atoms with van der Waals surface area (Å²) in [6, 6.07) is 12.0. The van der Waals surface area contributed by atoms with Gasteiger partial charge in [0.05, 0.1) is 5.69 Å². The van der Waals surface area contributed by atoms with Gasteiger partial charge in [0.15, 0.2) is 0 Å². The third-order valence-electron chi connectivity index (χ3n) is 4.06. The van der Waals surface area contributed by atoms with Crippen LogP contribution in [0, 0.1) is 0 Å². The van der Waals surface area contributed by atoms with Gasteiger partial charge in [-0.15, -0.1) is 0 Å². The zero-order chi connectivity index (χ0) is 18.1. The van der Waals surface area contributed by atoms with Crippen molar-refractivity contribution < 1.29 is 9.59 Å². The molecule has 6 heteroatoms. The number of hydrogen-bond donors (Lipinski definition) is 1. The normalized spacial score (nSPS) is 10.9. The molecule has 0 aliphatic heterocycles. The number of fused-ring (bicyclic) bond motifs is 1. The Morgan fingerprint density at radius 2 is 1.80 bits per heavy atom. The van der Waals surface area contributed by atoms with Crippen LogP contribution >= 0.6 is 23.2 Å². The van der Waals surface area contributed by atoms with Crippen LogP contribution in [0.4, 0.5) is 5.69 Å². The van der Waals surface area contributed by atoms with Crippen molar-refractivity contribution in [2.75, 3.05) is 11.9 Å². The van der Waals surface area contributed by atoms with Crippen molar-refractivity contribution in [1.29, 1.82) is 0 Å². The molecule has 0 fully saturated rings. The SMILES string of the molecule is CCC(=O)N(C)c1c(C(=O)c2cccc(Cl)c2)[nH]c2cc(Cl)ccc12. The molecule has 0 bridgehead atoms.